The molecule has 1 aromatic heterocycles. The molecule has 0 spiro atoms. The van der Waals surface area contributed by atoms with Crippen LogP contribution in [-0.2, 0) is 11.2 Å². The number of nitrogens with zero attached hydrogens (tertiary/aromatic N) is 2. The Morgan fingerprint density at radius 1 is 1.70 bits per heavy atom. The molecule has 0 aliphatic carbocycles. The first-order valence-electron chi connectivity index (χ1n) is 2.97. The molecule has 1 heterocycles. The molecule has 4 heteroatoms. The molecule has 0 aliphatic rings. The maximum absolute atomic E-state index is 10.5. The standard InChI is InChI=1S/C6H8N2OS/c1-4(9)3-6-7-5(2)10-8-6/h3H2,1-2H3. The molecule has 0 N–H and O–H groups in total. The van der Waals surface area contributed by atoms with Crippen molar-refractivity contribution in [3.8, 4) is 0 Å². The molecule has 0 aromatic carbocycles. The minimum atomic E-state index is 0.109. The highest BCUT2D eigenvalue weighted by Gasteiger charge is 2.01. The van der Waals surface area contributed by atoms with Crippen LogP contribution < -0.4 is 0 Å². The van der Waals surface area contributed by atoms with E-state index >= 15 is 0 Å². The Hall–Kier alpha value is -0.770. The van der Waals surface area contributed by atoms with Crippen molar-refractivity contribution < 1.29 is 4.79 Å². The van der Waals surface area contributed by atoms with Crippen LogP contribution in [0, 0.1) is 6.92 Å². The van der Waals surface area contributed by atoms with Crippen molar-refractivity contribution in [3.63, 3.8) is 0 Å². The highest BCUT2D eigenvalue weighted by Crippen LogP contribution is 2.02. The summed E-state index contributed by atoms with van der Waals surface area (Å²) >= 11 is 1.33. The van der Waals surface area contributed by atoms with E-state index in [1.807, 2.05) is 6.92 Å². The van der Waals surface area contributed by atoms with E-state index in [0.29, 0.717) is 12.2 Å². The van der Waals surface area contributed by atoms with Crippen LogP contribution in [-0.4, -0.2) is 15.1 Å². The largest absolute Gasteiger partial charge is 0.300 e. The van der Waals surface area contributed by atoms with Gasteiger partial charge in [-0.2, -0.15) is 4.37 Å². The van der Waals surface area contributed by atoms with Gasteiger partial charge in [0.1, 0.15) is 16.6 Å². The van der Waals surface area contributed by atoms with Crippen molar-refractivity contribution in [2.75, 3.05) is 0 Å². The van der Waals surface area contributed by atoms with E-state index in [9.17, 15) is 4.79 Å². The molecule has 0 amide bonds. The van der Waals surface area contributed by atoms with E-state index in [0.717, 1.165) is 5.01 Å². The van der Waals surface area contributed by atoms with Gasteiger partial charge >= 0.3 is 0 Å². The predicted octanol–water partition coefficient (Wildman–Crippen LogP) is 0.978. The molecule has 0 fully saturated rings. The minimum absolute atomic E-state index is 0.109. The molecule has 0 bridgehead atoms. The van der Waals surface area contributed by atoms with Crippen LogP contribution in [0.1, 0.15) is 17.8 Å². The molecule has 54 valence electrons. The molecular weight excluding hydrogens is 148 g/mol. The first kappa shape index (κ1) is 7.34. The van der Waals surface area contributed by atoms with Crippen molar-refractivity contribution in [1.82, 2.24) is 9.36 Å². The van der Waals surface area contributed by atoms with Gasteiger partial charge in [-0.1, -0.05) is 0 Å². The van der Waals surface area contributed by atoms with E-state index in [1.54, 1.807) is 0 Å². The van der Waals surface area contributed by atoms with Crippen LogP contribution in [0.25, 0.3) is 0 Å². The Kier molecular flexibility index (Phi) is 2.11. The van der Waals surface area contributed by atoms with Crippen LogP contribution in [0.3, 0.4) is 0 Å². The van der Waals surface area contributed by atoms with Crippen molar-refractivity contribution in [3.05, 3.63) is 10.8 Å². The lowest BCUT2D eigenvalue weighted by Crippen LogP contribution is -1.97. The second-order valence-electron chi connectivity index (χ2n) is 2.11. The normalized spacial score (nSPS) is 9.80. The molecule has 1 rings (SSSR count). The quantitative estimate of drug-likeness (QED) is 0.641. The fourth-order valence-corrected chi connectivity index (χ4v) is 1.12. The van der Waals surface area contributed by atoms with Gasteiger partial charge in [0.15, 0.2) is 0 Å². The molecule has 0 saturated heterocycles. The number of carbonyl (C=O) groups excluding carboxylic acids is 1. The van der Waals surface area contributed by atoms with Crippen molar-refractivity contribution in [2.24, 2.45) is 0 Å². The smallest absolute Gasteiger partial charge is 0.149 e. The third-order valence-corrected chi connectivity index (χ3v) is 1.63. The lowest BCUT2D eigenvalue weighted by atomic mass is 10.3. The Labute approximate surface area is 63.3 Å². The Morgan fingerprint density at radius 2 is 2.40 bits per heavy atom. The van der Waals surface area contributed by atoms with Crippen molar-refractivity contribution >= 4 is 17.3 Å². The van der Waals surface area contributed by atoms with Gasteiger partial charge in [0.05, 0.1) is 6.42 Å². The summed E-state index contributed by atoms with van der Waals surface area (Å²) in [6.45, 7) is 3.41. The van der Waals surface area contributed by atoms with Gasteiger partial charge in [0.25, 0.3) is 0 Å². The van der Waals surface area contributed by atoms with E-state index in [-0.39, 0.29) is 5.78 Å². The summed E-state index contributed by atoms with van der Waals surface area (Å²) in [6.07, 6.45) is 0.365. The van der Waals surface area contributed by atoms with Gasteiger partial charge in [-0.3, -0.25) is 4.79 Å². The van der Waals surface area contributed by atoms with Crippen LogP contribution in [0.2, 0.25) is 0 Å². The molecule has 10 heavy (non-hydrogen) atoms. The second-order valence-corrected chi connectivity index (χ2v) is 3.06. The zero-order valence-corrected chi connectivity index (χ0v) is 6.73. The maximum atomic E-state index is 10.5. The van der Waals surface area contributed by atoms with Crippen LogP contribution >= 0.6 is 11.5 Å². The second kappa shape index (κ2) is 2.88. The van der Waals surface area contributed by atoms with Gasteiger partial charge in [0.2, 0.25) is 0 Å². The van der Waals surface area contributed by atoms with Gasteiger partial charge in [-0.05, 0) is 25.4 Å². The molecule has 0 unspecified atom stereocenters. The molecule has 0 radical (unpaired) electrons. The molecular formula is C6H8N2OS. The van der Waals surface area contributed by atoms with Crippen molar-refractivity contribution in [2.45, 2.75) is 20.3 Å². The van der Waals surface area contributed by atoms with Crippen molar-refractivity contribution in [1.29, 1.82) is 0 Å². The topological polar surface area (TPSA) is 42.9 Å². The molecule has 0 saturated carbocycles. The number of hydrogen-bond acceptors (Lipinski definition) is 4. The van der Waals surface area contributed by atoms with E-state index in [4.69, 9.17) is 0 Å². The number of Topliss-reactive ketones (excluding diaryl/α,β-unsaturated/α-hetero) is 1. The monoisotopic (exact) mass is 156 g/mol. The fraction of sp³-hybridized carbons (Fsp3) is 0.500. The summed E-state index contributed by atoms with van der Waals surface area (Å²) in [7, 11) is 0. The molecule has 1 aromatic rings. The number of aromatic nitrogens is 2. The molecule has 3 nitrogen and oxygen atoms in total. The highest BCUT2D eigenvalue weighted by molar-refractivity contribution is 7.05. The summed E-state index contributed by atoms with van der Waals surface area (Å²) in [5.74, 6) is 0.757. The molecule has 0 atom stereocenters. The third kappa shape index (κ3) is 1.88. The van der Waals surface area contributed by atoms with Crippen LogP contribution in [0.15, 0.2) is 0 Å². The number of carbonyl (C=O) groups is 1. The number of aryl methyl sites for hydroxylation is 1. The van der Waals surface area contributed by atoms with Gasteiger partial charge in [-0.15, -0.1) is 0 Å². The first-order chi connectivity index (χ1) is 4.68. The van der Waals surface area contributed by atoms with Crippen LogP contribution in [0.4, 0.5) is 0 Å². The van der Waals surface area contributed by atoms with Crippen LogP contribution in [0.5, 0.6) is 0 Å². The summed E-state index contributed by atoms with van der Waals surface area (Å²) in [5, 5.41) is 0.913. The van der Waals surface area contributed by atoms with E-state index in [1.165, 1.54) is 18.5 Å². The fourth-order valence-electron chi connectivity index (χ4n) is 0.636. The number of ketones is 1. The average Bonchev–Trinajstić information content (AvgIpc) is 2.13. The van der Waals surface area contributed by atoms with Gasteiger partial charge in [-0.25, -0.2) is 4.98 Å². The van der Waals surface area contributed by atoms with Gasteiger partial charge in [0, 0.05) is 0 Å². The number of hydrogen-bond donors (Lipinski definition) is 0. The zero-order chi connectivity index (χ0) is 7.56. The lowest BCUT2D eigenvalue weighted by molar-refractivity contribution is -0.116. The predicted molar refractivity (Wildman–Crippen MR) is 39.0 cm³/mol. The van der Waals surface area contributed by atoms with Gasteiger partial charge < -0.3 is 0 Å². The Bertz CT molecular complexity index is 244. The summed E-state index contributed by atoms with van der Waals surface area (Å²) < 4.78 is 3.97. The third-order valence-electron chi connectivity index (χ3n) is 0.977. The Balaban J connectivity index is 2.67. The zero-order valence-electron chi connectivity index (χ0n) is 5.92. The highest BCUT2D eigenvalue weighted by atomic mass is 32.1. The summed E-state index contributed by atoms with van der Waals surface area (Å²) in [5.41, 5.74) is 0. The average molecular weight is 156 g/mol. The minimum Gasteiger partial charge on any atom is -0.300 e. The molecule has 0 aliphatic heterocycles. The maximum Gasteiger partial charge on any atom is 0.149 e. The first-order valence-corrected chi connectivity index (χ1v) is 3.74. The number of rotatable bonds is 2. The summed E-state index contributed by atoms with van der Waals surface area (Å²) in [6, 6.07) is 0. The van der Waals surface area contributed by atoms with E-state index < -0.39 is 0 Å². The lowest BCUT2D eigenvalue weighted by Gasteiger charge is -1.84. The SMILES string of the molecule is CC(=O)Cc1nsc(C)n1. The Morgan fingerprint density at radius 3 is 2.80 bits per heavy atom. The summed E-state index contributed by atoms with van der Waals surface area (Å²) in [4.78, 5) is 14.6. The van der Waals surface area contributed by atoms with E-state index in [2.05, 4.69) is 9.36 Å².